The van der Waals surface area contributed by atoms with Crippen molar-refractivity contribution in [2.24, 2.45) is 0 Å². The minimum absolute atomic E-state index is 0.00845. The van der Waals surface area contributed by atoms with E-state index in [9.17, 15) is 24.0 Å². The summed E-state index contributed by atoms with van der Waals surface area (Å²) in [5.41, 5.74) is 2.51. The quantitative estimate of drug-likeness (QED) is 0.133. The smallest absolute Gasteiger partial charge is 0.264 e. The number of rotatable bonds is 15. The topological polar surface area (TPSA) is 190 Å². The zero-order chi connectivity index (χ0) is 38.4. The van der Waals surface area contributed by atoms with Crippen molar-refractivity contribution < 1.29 is 47.7 Å². The summed E-state index contributed by atoms with van der Waals surface area (Å²) in [5.74, 6) is -0.264. The molecular weight excluding hydrogens is 700 g/mol. The number of hydrogen-bond donors (Lipinski definition) is 2. The Balaban J connectivity index is 1.02. The average Bonchev–Trinajstić information content (AvgIpc) is 3.73. The van der Waals surface area contributed by atoms with E-state index in [-0.39, 0.29) is 48.6 Å². The minimum Gasteiger partial charge on any atom is -0.493 e. The highest BCUT2D eigenvalue weighted by atomic mass is 16.5. The highest BCUT2D eigenvalue weighted by molar-refractivity contribution is 6.26. The summed E-state index contributed by atoms with van der Waals surface area (Å²) in [6.07, 6.45) is 6.07. The molecule has 280 valence electrons. The largest absolute Gasteiger partial charge is 0.493 e. The molecule has 0 spiro atoms. The van der Waals surface area contributed by atoms with Crippen molar-refractivity contribution in [2.45, 2.75) is 44.9 Å². The molecule has 3 aromatic carbocycles. The van der Waals surface area contributed by atoms with Crippen LogP contribution in [0.25, 0.3) is 12.2 Å². The highest BCUT2D eigenvalue weighted by Gasteiger charge is 2.45. The summed E-state index contributed by atoms with van der Waals surface area (Å²) < 4.78 is 29.5. The van der Waals surface area contributed by atoms with Crippen molar-refractivity contribution in [1.29, 1.82) is 0 Å². The van der Waals surface area contributed by atoms with Crippen LogP contribution < -0.4 is 34.3 Å². The number of aryl methyl sites for hydroxylation is 1. The Labute approximate surface area is 310 Å². The van der Waals surface area contributed by atoms with Gasteiger partial charge in [-0.25, -0.2) is 0 Å². The molecule has 0 bridgehead atoms. The lowest BCUT2D eigenvalue weighted by Crippen LogP contribution is -2.54. The van der Waals surface area contributed by atoms with Crippen LogP contribution in [0, 0.1) is 0 Å². The molecule has 0 aliphatic carbocycles. The van der Waals surface area contributed by atoms with Gasteiger partial charge >= 0.3 is 0 Å². The number of amides is 5. The van der Waals surface area contributed by atoms with Gasteiger partial charge in [-0.1, -0.05) is 29.5 Å². The van der Waals surface area contributed by atoms with Gasteiger partial charge < -0.3 is 29.0 Å². The number of hydrogen-bond acceptors (Lipinski definition) is 12. The lowest BCUT2D eigenvalue weighted by molar-refractivity contribution is -0.136. The van der Waals surface area contributed by atoms with Crippen LogP contribution in [0.5, 0.6) is 28.7 Å². The van der Waals surface area contributed by atoms with Crippen LogP contribution in [0.4, 0.5) is 5.69 Å². The second-order valence-electron chi connectivity index (χ2n) is 12.3. The summed E-state index contributed by atoms with van der Waals surface area (Å²) in [5, 5.41) is 13.2. The van der Waals surface area contributed by atoms with Gasteiger partial charge in [0.2, 0.25) is 23.5 Å². The van der Waals surface area contributed by atoms with Gasteiger partial charge in [-0.15, -0.1) is 5.10 Å². The Kier molecular flexibility index (Phi) is 11.2. The predicted octanol–water partition coefficient (Wildman–Crippen LogP) is 3.88. The van der Waals surface area contributed by atoms with Crippen LogP contribution in [0.15, 0.2) is 54.7 Å². The van der Waals surface area contributed by atoms with Gasteiger partial charge in [0.25, 0.3) is 11.8 Å². The number of imide groups is 2. The first-order valence-corrected chi connectivity index (χ1v) is 17.0. The molecule has 2 aliphatic rings. The fourth-order valence-electron chi connectivity index (χ4n) is 6.20. The number of nitrogens with one attached hydrogen (secondary N) is 2. The Bertz CT molecular complexity index is 2120. The van der Waals surface area contributed by atoms with Crippen LogP contribution in [0.2, 0.25) is 0 Å². The van der Waals surface area contributed by atoms with Crippen LogP contribution in [0.3, 0.4) is 0 Å². The summed E-state index contributed by atoms with van der Waals surface area (Å²) in [6, 6.07) is 12.7. The van der Waals surface area contributed by atoms with Crippen LogP contribution >= 0.6 is 0 Å². The lowest BCUT2D eigenvalue weighted by Gasteiger charge is -2.27. The molecule has 3 heterocycles. The number of anilines is 1. The molecule has 6 rings (SSSR count). The normalized spacial score (nSPS) is 15.3. The van der Waals surface area contributed by atoms with Gasteiger partial charge in [-0.3, -0.25) is 38.9 Å². The molecule has 2 aliphatic heterocycles. The molecule has 54 heavy (non-hydrogen) atoms. The number of methoxy groups -OCH3 is 4. The number of carbonyl (C=O) groups is 5. The molecule has 5 amide bonds. The Morgan fingerprint density at radius 3 is 2.31 bits per heavy atom. The van der Waals surface area contributed by atoms with Crippen LogP contribution in [-0.4, -0.2) is 83.9 Å². The van der Waals surface area contributed by atoms with Crippen molar-refractivity contribution in [3.8, 4) is 28.7 Å². The molecule has 4 aromatic rings. The van der Waals surface area contributed by atoms with E-state index in [0.29, 0.717) is 47.4 Å². The molecule has 1 fully saturated rings. The molecule has 1 unspecified atom stereocenters. The molecule has 1 atom stereocenters. The number of carbonyl (C=O) groups excluding carboxylic acids is 5. The van der Waals surface area contributed by atoms with Gasteiger partial charge in [0.05, 0.1) is 51.5 Å². The summed E-state index contributed by atoms with van der Waals surface area (Å²) in [4.78, 5) is 64.1. The summed E-state index contributed by atoms with van der Waals surface area (Å²) in [7, 11) is 6.23. The van der Waals surface area contributed by atoms with E-state index in [1.807, 2.05) is 36.4 Å². The Morgan fingerprint density at radius 1 is 0.889 bits per heavy atom. The van der Waals surface area contributed by atoms with E-state index in [1.54, 1.807) is 51.5 Å². The third-order valence-corrected chi connectivity index (χ3v) is 8.84. The average molecular weight is 739 g/mol. The summed E-state index contributed by atoms with van der Waals surface area (Å²) in [6.45, 7) is 0.483. The molecular formula is C38H38N6O10. The van der Waals surface area contributed by atoms with Gasteiger partial charge in [-0.2, -0.15) is 0 Å². The fourth-order valence-corrected chi connectivity index (χ4v) is 6.20. The van der Waals surface area contributed by atoms with Gasteiger partial charge in [0.15, 0.2) is 23.0 Å². The van der Waals surface area contributed by atoms with E-state index >= 15 is 0 Å². The van der Waals surface area contributed by atoms with E-state index < -0.39 is 29.7 Å². The lowest BCUT2D eigenvalue weighted by atomic mass is 10.0. The van der Waals surface area contributed by atoms with Crippen LogP contribution in [-0.2, 0) is 27.5 Å². The number of ether oxygens (including phenoxy) is 5. The number of nitrogens with zero attached hydrogens (tertiary/aromatic N) is 4. The molecule has 16 nitrogen and oxygen atoms in total. The van der Waals surface area contributed by atoms with E-state index in [0.717, 1.165) is 16.0 Å². The zero-order valence-electron chi connectivity index (χ0n) is 30.0. The van der Waals surface area contributed by atoms with Crippen molar-refractivity contribution in [1.82, 2.24) is 25.2 Å². The number of piperidine rings is 1. The predicted molar refractivity (Wildman–Crippen MR) is 193 cm³/mol. The van der Waals surface area contributed by atoms with E-state index in [4.69, 9.17) is 23.7 Å². The maximum Gasteiger partial charge on any atom is 0.264 e. The highest BCUT2D eigenvalue weighted by Crippen LogP contribution is 2.39. The van der Waals surface area contributed by atoms with Crippen molar-refractivity contribution in [2.75, 3.05) is 33.8 Å². The fraction of sp³-hybridized carbons (Fsp3) is 0.289. The Morgan fingerprint density at radius 2 is 1.61 bits per heavy atom. The van der Waals surface area contributed by atoms with Gasteiger partial charge in [0.1, 0.15) is 18.3 Å². The van der Waals surface area contributed by atoms with E-state index in [2.05, 4.69) is 20.9 Å². The van der Waals surface area contributed by atoms with Crippen molar-refractivity contribution in [3.05, 3.63) is 82.7 Å². The third-order valence-electron chi connectivity index (χ3n) is 8.84. The maximum atomic E-state index is 13.3. The number of fused-ring (bicyclic) bond motifs is 1. The molecule has 0 radical (unpaired) electrons. The Hall–Kier alpha value is -6.71. The third kappa shape index (κ3) is 7.86. The molecule has 16 heteroatoms. The standard InChI is InChI=1S/C38H38N6O10/c1-50-28-14-12-22(10-11-23-18-30(51-2)35(53-4)31(19-23)52-3)17-29(28)54-21-24-20-43(42-41-24)16-6-9-32(45)39-26-8-5-7-25-34(26)38(49)44(37(25)48)27-13-15-33(46)40-36(27)47/h5,7-8,10-12,14,17-20,27H,6,9,13,15-16,21H2,1-4H3,(H,39,45)(H,40,46,47)/b11-10-. The van der Waals surface area contributed by atoms with Crippen molar-refractivity contribution in [3.63, 3.8) is 0 Å². The zero-order valence-corrected chi connectivity index (χ0v) is 30.0. The molecule has 0 saturated carbocycles. The number of benzene rings is 3. The molecule has 2 N–H and O–H groups in total. The minimum atomic E-state index is -1.10. The van der Waals surface area contributed by atoms with E-state index in [1.165, 1.54) is 12.1 Å². The monoisotopic (exact) mass is 738 g/mol. The maximum absolute atomic E-state index is 13.3. The number of aromatic nitrogens is 3. The SMILES string of the molecule is COc1ccc(/C=C\c2cc(OC)c(OC)c(OC)c2)cc1OCc1cn(CCCC(=O)Nc2cccc3c2C(=O)N(C2CCC(=O)NC2=O)C3=O)nn1. The molecule has 1 aromatic heterocycles. The first-order chi connectivity index (χ1) is 26.1. The second kappa shape index (κ2) is 16.3. The first-order valence-electron chi connectivity index (χ1n) is 17.0. The van der Waals surface area contributed by atoms with Crippen LogP contribution in [0.1, 0.15) is 63.2 Å². The summed E-state index contributed by atoms with van der Waals surface area (Å²) >= 11 is 0. The second-order valence-corrected chi connectivity index (χ2v) is 12.3. The van der Waals surface area contributed by atoms with Gasteiger partial charge in [0, 0.05) is 19.4 Å². The molecule has 1 saturated heterocycles. The first kappa shape index (κ1) is 37.1. The van der Waals surface area contributed by atoms with Gasteiger partial charge in [-0.05, 0) is 60.4 Å². The van der Waals surface area contributed by atoms with Crippen molar-refractivity contribution >= 4 is 47.4 Å².